The van der Waals surface area contributed by atoms with E-state index in [1.807, 2.05) is 24.0 Å². The molecule has 3 rings (SSSR count). The molecule has 0 aliphatic carbocycles. The predicted octanol–water partition coefficient (Wildman–Crippen LogP) is 3.03. The minimum Gasteiger partial charge on any atom is -0.481 e. The number of benzene rings is 1. The first kappa shape index (κ1) is 17.5. The van der Waals surface area contributed by atoms with Gasteiger partial charge in [0.1, 0.15) is 5.75 Å². The van der Waals surface area contributed by atoms with Crippen LogP contribution in [0, 0.1) is 12.8 Å². The van der Waals surface area contributed by atoms with Crippen LogP contribution in [0.25, 0.3) is 0 Å². The smallest absolute Gasteiger partial charge is 0.263 e. The van der Waals surface area contributed by atoms with Crippen molar-refractivity contribution in [3.05, 3.63) is 28.8 Å². The Morgan fingerprint density at radius 2 is 1.96 bits per heavy atom. The van der Waals surface area contributed by atoms with Crippen molar-refractivity contribution in [3.63, 3.8) is 0 Å². The SMILES string of the molecule is Cc1cc(Cl)ccc1OC(C)C(=O)N1CCC(C2OCCO2)CC1. The molecule has 0 bridgehead atoms. The number of hydrogen-bond donors (Lipinski definition) is 0. The summed E-state index contributed by atoms with van der Waals surface area (Å²) in [6, 6.07) is 5.41. The van der Waals surface area contributed by atoms with Crippen LogP contribution in [0.15, 0.2) is 18.2 Å². The van der Waals surface area contributed by atoms with Gasteiger partial charge < -0.3 is 19.1 Å². The summed E-state index contributed by atoms with van der Waals surface area (Å²) in [5.41, 5.74) is 0.927. The molecule has 24 heavy (non-hydrogen) atoms. The zero-order chi connectivity index (χ0) is 17.1. The fourth-order valence-corrected chi connectivity index (χ4v) is 3.51. The maximum atomic E-state index is 12.6. The van der Waals surface area contributed by atoms with E-state index in [4.69, 9.17) is 25.8 Å². The van der Waals surface area contributed by atoms with Gasteiger partial charge in [-0.2, -0.15) is 0 Å². The van der Waals surface area contributed by atoms with Crippen LogP contribution in [0.5, 0.6) is 5.75 Å². The Bertz CT molecular complexity index is 580. The third-order valence-corrected chi connectivity index (χ3v) is 4.91. The summed E-state index contributed by atoms with van der Waals surface area (Å²) in [6.45, 7) is 6.52. The molecule has 6 heteroatoms. The number of amides is 1. The third-order valence-electron chi connectivity index (χ3n) is 4.67. The van der Waals surface area contributed by atoms with Gasteiger partial charge in [0.25, 0.3) is 5.91 Å². The molecule has 1 aromatic rings. The molecule has 2 fully saturated rings. The van der Waals surface area contributed by atoms with Crippen molar-refractivity contribution in [1.29, 1.82) is 0 Å². The predicted molar refractivity (Wildman–Crippen MR) is 91.3 cm³/mol. The molecule has 0 aromatic heterocycles. The van der Waals surface area contributed by atoms with E-state index in [2.05, 4.69) is 0 Å². The second-order valence-corrected chi connectivity index (χ2v) is 6.88. The van der Waals surface area contributed by atoms with Gasteiger partial charge in [0, 0.05) is 24.0 Å². The fourth-order valence-electron chi connectivity index (χ4n) is 3.28. The highest BCUT2D eigenvalue weighted by Crippen LogP contribution is 2.27. The van der Waals surface area contributed by atoms with Gasteiger partial charge in [0.05, 0.1) is 13.2 Å². The minimum absolute atomic E-state index is 0.0241. The molecule has 2 aliphatic heterocycles. The summed E-state index contributed by atoms with van der Waals surface area (Å²) in [4.78, 5) is 14.5. The van der Waals surface area contributed by atoms with E-state index in [9.17, 15) is 4.79 Å². The first-order valence-electron chi connectivity index (χ1n) is 8.49. The number of hydrogen-bond acceptors (Lipinski definition) is 4. The van der Waals surface area contributed by atoms with Crippen LogP contribution >= 0.6 is 11.6 Å². The molecule has 1 unspecified atom stereocenters. The lowest BCUT2D eigenvalue weighted by Gasteiger charge is -2.35. The van der Waals surface area contributed by atoms with Crippen LogP contribution in [0.1, 0.15) is 25.3 Å². The molecule has 5 nitrogen and oxygen atoms in total. The van der Waals surface area contributed by atoms with Gasteiger partial charge in [-0.3, -0.25) is 4.79 Å². The van der Waals surface area contributed by atoms with Crippen molar-refractivity contribution in [1.82, 2.24) is 4.90 Å². The molecule has 1 atom stereocenters. The Hall–Kier alpha value is -1.30. The average molecular weight is 354 g/mol. The molecule has 1 amide bonds. The summed E-state index contributed by atoms with van der Waals surface area (Å²) in [5, 5.41) is 0.664. The Labute approximate surface area is 147 Å². The summed E-state index contributed by atoms with van der Waals surface area (Å²) in [6.07, 6.45) is 1.21. The Morgan fingerprint density at radius 1 is 1.29 bits per heavy atom. The first-order chi connectivity index (χ1) is 11.5. The highest BCUT2D eigenvalue weighted by Gasteiger charge is 2.33. The number of ether oxygens (including phenoxy) is 3. The molecule has 132 valence electrons. The second-order valence-electron chi connectivity index (χ2n) is 6.44. The van der Waals surface area contributed by atoms with Crippen LogP contribution in [0.2, 0.25) is 5.02 Å². The number of halogens is 1. The number of piperidine rings is 1. The maximum absolute atomic E-state index is 12.6. The van der Waals surface area contributed by atoms with E-state index in [1.54, 1.807) is 13.0 Å². The van der Waals surface area contributed by atoms with Crippen molar-refractivity contribution in [2.24, 2.45) is 5.92 Å². The van der Waals surface area contributed by atoms with Crippen molar-refractivity contribution in [2.75, 3.05) is 26.3 Å². The number of rotatable bonds is 4. The maximum Gasteiger partial charge on any atom is 0.263 e. The third kappa shape index (κ3) is 4.02. The molecule has 2 aliphatic rings. The summed E-state index contributed by atoms with van der Waals surface area (Å²) in [5.74, 6) is 1.10. The molecule has 2 saturated heterocycles. The Morgan fingerprint density at radius 3 is 2.58 bits per heavy atom. The summed E-state index contributed by atoms with van der Waals surface area (Å²) in [7, 11) is 0. The monoisotopic (exact) mass is 353 g/mol. The molecule has 0 spiro atoms. The van der Waals surface area contributed by atoms with E-state index >= 15 is 0 Å². The zero-order valence-electron chi connectivity index (χ0n) is 14.2. The van der Waals surface area contributed by atoms with Gasteiger partial charge in [-0.1, -0.05) is 11.6 Å². The number of nitrogens with zero attached hydrogens (tertiary/aromatic N) is 1. The first-order valence-corrected chi connectivity index (χ1v) is 8.87. The van der Waals surface area contributed by atoms with Gasteiger partial charge in [0.15, 0.2) is 12.4 Å². The van der Waals surface area contributed by atoms with Gasteiger partial charge in [-0.25, -0.2) is 0 Å². The quantitative estimate of drug-likeness (QED) is 0.834. The van der Waals surface area contributed by atoms with Crippen molar-refractivity contribution in [2.45, 2.75) is 39.1 Å². The van der Waals surface area contributed by atoms with Crippen LogP contribution in [0.4, 0.5) is 0 Å². The molecule has 2 heterocycles. The molecule has 0 N–H and O–H groups in total. The highest BCUT2D eigenvalue weighted by molar-refractivity contribution is 6.30. The molecule has 1 aromatic carbocycles. The van der Waals surface area contributed by atoms with E-state index in [0.717, 1.165) is 31.5 Å². The van der Waals surface area contributed by atoms with Gasteiger partial charge in [-0.05, 0) is 50.5 Å². The Balaban J connectivity index is 1.52. The van der Waals surface area contributed by atoms with E-state index in [1.165, 1.54) is 0 Å². The second kappa shape index (κ2) is 7.72. The van der Waals surface area contributed by atoms with Gasteiger partial charge in [0.2, 0.25) is 0 Å². The zero-order valence-corrected chi connectivity index (χ0v) is 14.9. The summed E-state index contributed by atoms with van der Waals surface area (Å²) < 4.78 is 17.0. The number of carbonyl (C=O) groups excluding carboxylic acids is 1. The standard InChI is InChI=1S/C18H24ClNO4/c1-12-11-15(19)3-4-16(12)24-13(2)17(21)20-7-5-14(6-8-20)18-22-9-10-23-18/h3-4,11,13-14,18H,5-10H2,1-2H3. The highest BCUT2D eigenvalue weighted by atomic mass is 35.5. The van der Waals surface area contributed by atoms with Gasteiger partial charge >= 0.3 is 0 Å². The van der Waals surface area contributed by atoms with E-state index in [0.29, 0.717) is 29.9 Å². The van der Waals surface area contributed by atoms with Crippen molar-refractivity contribution in [3.8, 4) is 5.75 Å². The lowest BCUT2D eigenvalue weighted by molar-refractivity contribution is -0.143. The van der Waals surface area contributed by atoms with Crippen LogP contribution in [0.3, 0.4) is 0 Å². The Kier molecular flexibility index (Phi) is 5.64. The molecule has 0 radical (unpaired) electrons. The van der Waals surface area contributed by atoms with Crippen LogP contribution < -0.4 is 4.74 Å². The van der Waals surface area contributed by atoms with Gasteiger partial charge in [-0.15, -0.1) is 0 Å². The van der Waals surface area contributed by atoms with Crippen LogP contribution in [-0.2, 0) is 14.3 Å². The normalized spacial score (nSPS) is 21.0. The lowest BCUT2D eigenvalue weighted by atomic mass is 9.96. The molecular formula is C18H24ClNO4. The lowest BCUT2D eigenvalue weighted by Crippen LogP contribution is -2.46. The largest absolute Gasteiger partial charge is 0.481 e. The molecule has 0 saturated carbocycles. The van der Waals surface area contributed by atoms with Crippen molar-refractivity contribution >= 4 is 17.5 Å². The van der Waals surface area contributed by atoms with E-state index in [-0.39, 0.29) is 12.2 Å². The van der Waals surface area contributed by atoms with E-state index < -0.39 is 6.10 Å². The minimum atomic E-state index is -0.514. The van der Waals surface area contributed by atoms with Crippen LogP contribution in [-0.4, -0.2) is 49.5 Å². The van der Waals surface area contributed by atoms with Crippen molar-refractivity contribution < 1.29 is 19.0 Å². The number of carbonyl (C=O) groups is 1. The fraction of sp³-hybridized carbons (Fsp3) is 0.611. The topological polar surface area (TPSA) is 48.0 Å². The number of aryl methyl sites for hydroxylation is 1. The molecular weight excluding hydrogens is 330 g/mol. The average Bonchev–Trinajstić information content (AvgIpc) is 3.11. The number of likely N-dealkylation sites (tertiary alicyclic amines) is 1. The summed E-state index contributed by atoms with van der Waals surface area (Å²) >= 11 is 5.95.